The van der Waals surface area contributed by atoms with Gasteiger partial charge < -0.3 is 4.98 Å². The molecule has 0 amide bonds. The van der Waals surface area contributed by atoms with Gasteiger partial charge in [-0.05, 0) is 30.7 Å². The molecule has 0 saturated heterocycles. The van der Waals surface area contributed by atoms with Crippen LogP contribution < -0.4 is 0 Å². The lowest BCUT2D eigenvalue weighted by atomic mass is 10.1. The number of halogens is 1. The Balaban J connectivity index is 0.00000120. The van der Waals surface area contributed by atoms with Crippen molar-refractivity contribution < 1.29 is 0 Å². The number of H-pyrrole nitrogens is 1. The van der Waals surface area contributed by atoms with E-state index in [0.29, 0.717) is 0 Å². The summed E-state index contributed by atoms with van der Waals surface area (Å²) in [6.07, 6.45) is 3.50. The fourth-order valence-electron chi connectivity index (χ4n) is 1.83. The van der Waals surface area contributed by atoms with Crippen molar-refractivity contribution in [3.63, 3.8) is 0 Å². The molecule has 0 unspecified atom stereocenters. The molecular formula is C13H12ClN3S. The molecule has 0 bridgehead atoms. The van der Waals surface area contributed by atoms with Crippen LogP contribution in [0.3, 0.4) is 0 Å². The fourth-order valence-corrected chi connectivity index (χ4v) is 2.21. The number of fused-ring (bicyclic) bond motifs is 1. The highest BCUT2D eigenvalue weighted by molar-refractivity contribution is 7.80. The number of aryl methyl sites for hydroxylation is 1. The second-order valence-corrected chi connectivity index (χ2v) is 4.48. The van der Waals surface area contributed by atoms with Crippen LogP contribution in [0.4, 0.5) is 0 Å². The van der Waals surface area contributed by atoms with Gasteiger partial charge in [0, 0.05) is 16.7 Å². The van der Waals surface area contributed by atoms with Gasteiger partial charge in [0.1, 0.15) is 11.3 Å². The first-order valence-corrected chi connectivity index (χ1v) is 5.78. The van der Waals surface area contributed by atoms with Crippen molar-refractivity contribution in [1.82, 2.24) is 15.0 Å². The maximum atomic E-state index is 4.51. The summed E-state index contributed by atoms with van der Waals surface area (Å²) < 4.78 is 0. The highest BCUT2D eigenvalue weighted by Gasteiger charge is 2.07. The molecule has 3 nitrogen and oxygen atoms in total. The monoisotopic (exact) mass is 277 g/mol. The van der Waals surface area contributed by atoms with Crippen LogP contribution in [0.25, 0.3) is 22.4 Å². The van der Waals surface area contributed by atoms with Crippen molar-refractivity contribution in [1.29, 1.82) is 0 Å². The zero-order chi connectivity index (χ0) is 11.8. The minimum Gasteiger partial charge on any atom is -0.338 e. The fraction of sp³-hybridized carbons (Fsp3) is 0.0769. The molecule has 0 aliphatic rings. The summed E-state index contributed by atoms with van der Waals surface area (Å²) >= 11 is 4.49. The molecule has 2 aromatic heterocycles. The molecule has 5 heteroatoms. The minimum atomic E-state index is 0. The van der Waals surface area contributed by atoms with Crippen LogP contribution in [0.5, 0.6) is 0 Å². The van der Waals surface area contributed by atoms with Crippen molar-refractivity contribution in [2.24, 2.45) is 0 Å². The van der Waals surface area contributed by atoms with E-state index in [-0.39, 0.29) is 12.4 Å². The van der Waals surface area contributed by atoms with Gasteiger partial charge in [0.05, 0.1) is 11.7 Å². The Morgan fingerprint density at radius 1 is 1.22 bits per heavy atom. The first-order chi connectivity index (χ1) is 8.24. The van der Waals surface area contributed by atoms with Crippen LogP contribution in [0.1, 0.15) is 5.56 Å². The van der Waals surface area contributed by atoms with E-state index in [9.17, 15) is 0 Å². The first-order valence-electron chi connectivity index (χ1n) is 5.34. The molecule has 0 aliphatic carbocycles. The largest absolute Gasteiger partial charge is 0.338 e. The van der Waals surface area contributed by atoms with Gasteiger partial charge in [-0.25, -0.2) is 4.98 Å². The molecule has 0 spiro atoms. The average Bonchev–Trinajstić information content (AvgIpc) is 2.72. The topological polar surface area (TPSA) is 41.6 Å². The third-order valence-corrected chi connectivity index (χ3v) is 3.06. The lowest BCUT2D eigenvalue weighted by Crippen LogP contribution is -1.83. The van der Waals surface area contributed by atoms with E-state index in [0.717, 1.165) is 27.3 Å². The lowest BCUT2D eigenvalue weighted by Gasteiger charge is -2.02. The summed E-state index contributed by atoms with van der Waals surface area (Å²) in [4.78, 5) is 12.8. The Kier molecular flexibility index (Phi) is 3.59. The number of aromatic amines is 1. The Morgan fingerprint density at radius 3 is 2.78 bits per heavy atom. The van der Waals surface area contributed by atoms with Gasteiger partial charge >= 0.3 is 0 Å². The molecule has 0 atom stereocenters. The molecule has 2 heterocycles. The zero-order valence-corrected chi connectivity index (χ0v) is 11.4. The Labute approximate surface area is 116 Å². The minimum absolute atomic E-state index is 0. The summed E-state index contributed by atoms with van der Waals surface area (Å²) in [5.74, 6) is 0.831. The van der Waals surface area contributed by atoms with E-state index in [1.165, 1.54) is 5.56 Å². The van der Waals surface area contributed by atoms with Crippen LogP contribution in [-0.4, -0.2) is 15.0 Å². The highest BCUT2D eigenvalue weighted by Crippen LogP contribution is 2.26. The molecule has 0 fully saturated rings. The van der Waals surface area contributed by atoms with E-state index >= 15 is 0 Å². The molecule has 3 aromatic rings. The molecule has 0 radical (unpaired) electrons. The molecule has 1 aromatic carbocycles. The number of pyridine rings is 1. The van der Waals surface area contributed by atoms with E-state index in [4.69, 9.17) is 0 Å². The van der Waals surface area contributed by atoms with Crippen molar-refractivity contribution in [3.8, 4) is 11.4 Å². The second-order valence-electron chi connectivity index (χ2n) is 4.00. The number of rotatable bonds is 1. The summed E-state index contributed by atoms with van der Waals surface area (Å²) in [5.41, 5.74) is 4.06. The Morgan fingerprint density at radius 2 is 2.06 bits per heavy atom. The summed E-state index contributed by atoms with van der Waals surface area (Å²) in [6, 6.07) is 8.03. The number of hydrogen-bond acceptors (Lipinski definition) is 3. The lowest BCUT2D eigenvalue weighted by molar-refractivity contribution is 1.27. The first kappa shape index (κ1) is 12.9. The third-order valence-electron chi connectivity index (χ3n) is 2.69. The molecular weight excluding hydrogens is 266 g/mol. The van der Waals surface area contributed by atoms with Crippen molar-refractivity contribution in [2.45, 2.75) is 11.8 Å². The van der Waals surface area contributed by atoms with E-state index < -0.39 is 0 Å². The maximum absolute atomic E-state index is 4.51. The van der Waals surface area contributed by atoms with E-state index in [1.807, 2.05) is 25.1 Å². The van der Waals surface area contributed by atoms with Crippen LogP contribution in [0.15, 0.2) is 41.6 Å². The number of benzene rings is 1. The van der Waals surface area contributed by atoms with Gasteiger partial charge in [-0.1, -0.05) is 6.07 Å². The molecule has 1 N–H and O–H groups in total. The smallest absolute Gasteiger partial charge is 0.139 e. The molecule has 92 valence electrons. The van der Waals surface area contributed by atoms with Gasteiger partial charge in [-0.3, -0.25) is 4.98 Å². The number of hydrogen-bond donors (Lipinski definition) is 2. The standard InChI is InChI=1S/C13H11N3S.ClH/c1-8-2-3-9(12(17)6-8)13-15-10-4-5-14-7-11(10)16-13;/h2-7,17H,1H3,(H,15,16);1H. The molecule has 3 rings (SSSR count). The number of aromatic nitrogens is 3. The van der Waals surface area contributed by atoms with Crippen molar-refractivity contribution >= 4 is 36.1 Å². The van der Waals surface area contributed by atoms with Gasteiger partial charge in [-0.15, -0.1) is 25.0 Å². The summed E-state index contributed by atoms with van der Waals surface area (Å²) in [7, 11) is 0. The predicted octanol–water partition coefficient (Wildman–Crippen LogP) is 3.64. The normalized spacial score (nSPS) is 10.3. The summed E-state index contributed by atoms with van der Waals surface area (Å²) in [5, 5.41) is 0. The number of imidazole rings is 1. The van der Waals surface area contributed by atoms with Gasteiger partial charge in [-0.2, -0.15) is 0 Å². The highest BCUT2D eigenvalue weighted by atomic mass is 35.5. The van der Waals surface area contributed by atoms with E-state index in [2.05, 4.69) is 33.6 Å². The predicted molar refractivity (Wildman–Crippen MR) is 78.6 cm³/mol. The Hall–Kier alpha value is -1.52. The SMILES string of the molecule is Cc1ccc(-c2nc3cnccc3[nH]2)c(S)c1.Cl. The van der Waals surface area contributed by atoms with E-state index in [1.54, 1.807) is 12.4 Å². The molecule has 0 aliphatic heterocycles. The van der Waals surface area contributed by atoms with Gasteiger partial charge in [0.15, 0.2) is 0 Å². The number of nitrogens with zero attached hydrogens (tertiary/aromatic N) is 2. The van der Waals surface area contributed by atoms with Crippen LogP contribution in [-0.2, 0) is 0 Å². The van der Waals surface area contributed by atoms with Crippen molar-refractivity contribution in [3.05, 3.63) is 42.2 Å². The van der Waals surface area contributed by atoms with Crippen LogP contribution >= 0.6 is 25.0 Å². The maximum Gasteiger partial charge on any atom is 0.139 e. The second kappa shape index (κ2) is 5.00. The summed E-state index contributed by atoms with van der Waals surface area (Å²) in [6.45, 7) is 2.05. The average molecular weight is 278 g/mol. The van der Waals surface area contributed by atoms with Crippen LogP contribution in [0.2, 0.25) is 0 Å². The number of nitrogens with one attached hydrogen (secondary N) is 1. The van der Waals surface area contributed by atoms with Gasteiger partial charge in [0.25, 0.3) is 0 Å². The Bertz CT molecular complexity index is 661. The third kappa shape index (κ3) is 2.21. The quantitative estimate of drug-likeness (QED) is 0.667. The van der Waals surface area contributed by atoms with Gasteiger partial charge in [0.2, 0.25) is 0 Å². The van der Waals surface area contributed by atoms with Crippen molar-refractivity contribution in [2.75, 3.05) is 0 Å². The van der Waals surface area contributed by atoms with Crippen LogP contribution in [0, 0.1) is 6.92 Å². The number of thiol groups is 1. The molecule has 18 heavy (non-hydrogen) atoms. The zero-order valence-electron chi connectivity index (χ0n) is 9.71. The molecule has 0 saturated carbocycles.